The quantitative estimate of drug-likeness (QED) is 0.427. The van der Waals surface area contributed by atoms with Crippen LogP contribution in [0.3, 0.4) is 0 Å². The van der Waals surface area contributed by atoms with E-state index < -0.39 is 16.1 Å². The largest absolute Gasteiger partial charge is 0.494 e. The highest BCUT2D eigenvalue weighted by Crippen LogP contribution is 2.40. The van der Waals surface area contributed by atoms with Crippen LogP contribution in [0.15, 0.2) is 41.3 Å². The summed E-state index contributed by atoms with van der Waals surface area (Å²) in [7, 11) is -2.28. The monoisotopic (exact) mass is 549 g/mol. The SMILES string of the molecule is COc1ccc(Cl)c2sc(N(CC3CCCO3)C(=O)C3CCCN3S(=O)(=O)c3ccc(C)cc3)nc12. The summed E-state index contributed by atoms with van der Waals surface area (Å²) < 4.78 is 40.4. The zero-order valence-corrected chi connectivity index (χ0v) is 22.5. The molecule has 0 N–H and O–H groups in total. The van der Waals surface area contributed by atoms with E-state index >= 15 is 0 Å². The number of thiazole rings is 1. The lowest BCUT2D eigenvalue weighted by atomic mass is 10.2. The van der Waals surface area contributed by atoms with E-state index in [0.717, 1.165) is 18.4 Å². The molecule has 2 aliphatic heterocycles. The molecule has 2 unspecified atom stereocenters. The van der Waals surface area contributed by atoms with E-state index in [4.69, 9.17) is 26.1 Å². The first-order chi connectivity index (χ1) is 17.3. The highest BCUT2D eigenvalue weighted by atomic mass is 35.5. The first-order valence-electron chi connectivity index (χ1n) is 11.9. The van der Waals surface area contributed by atoms with Crippen molar-refractivity contribution in [2.45, 2.75) is 49.6 Å². The molecular formula is C25H28ClN3O5S2. The molecule has 3 heterocycles. The number of ether oxygens (including phenoxy) is 2. The average molecular weight is 550 g/mol. The Morgan fingerprint density at radius 2 is 2.00 bits per heavy atom. The first kappa shape index (κ1) is 25.4. The van der Waals surface area contributed by atoms with Gasteiger partial charge in [0.05, 0.1) is 34.4 Å². The molecular weight excluding hydrogens is 522 g/mol. The molecule has 2 saturated heterocycles. The maximum absolute atomic E-state index is 14.1. The molecule has 2 atom stereocenters. The molecule has 1 aromatic heterocycles. The van der Waals surface area contributed by atoms with Crippen molar-refractivity contribution in [2.24, 2.45) is 0 Å². The summed E-state index contributed by atoms with van der Waals surface area (Å²) in [6.07, 6.45) is 2.66. The van der Waals surface area contributed by atoms with E-state index in [1.807, 2.05) is 6.92 Å². The van der Waals surface area contributed by atoms with Gasteiger partial charge in [0, 0.05) is 13.2 Å². The molecule has 1 amide bonds. The van der Waals surface area contributed by atoms with Gasteiger partial charge >= 0.3 is 0 Å². The Bertz CT molecular complexity index is 1370. The number of benzene rings is 2. The number of aromatic nitrogens is 1. The third-order valence-electron chi connectivity index (χ3n) is 6.69. The van der Waals surface area contributed by atoms with E-state index in [9.17, 15) is 13.2 Å². The molecule has 0 spiro atoms. The van der Waals surface area contributed by atoms with Crippen molar-refractivity contribution in [2.75, 3.05) is 31.7 Å². The minimum atomic E-state index is -3.84. The lowest BCUT2D eigenvalue weighted by molar-refractivity contribution is -0.122. The molecule has 0 bridgehead atoms. The van der Waals surface area contributed by atoms with Gasteiger partial charge in [-0.3, -0.25) is 9.69 Å². The molecule has 2 aliphatic rings. The number of aryl methyl sites for hydroxylation is 1. The summed E-state index contributed by atoms with van der Waals surface area (Å²) in [4.78, 5) is 20.6. The topological polar surface area (TPSA) is 89.0 Å². The number of halogens is 1. The van der Waals surface area contributed by atoms with E-state index in [-0.39, 0.29) is 16.9 Å². The zero-order valence-electron chi connectivity index (χ0n) is 20.1. The Morgan fingerprint density at radius 1 is 1.22 bits per heavy atom. The second-order valence-electron chi connectivity index (χ2n) is 9.09. The van der Waals surface area contributed by atoms with Crippen molar-refractivity contribution in [1.29, 1.82) is 0 Å². The number of fused-ring (bicyclic) bond motifs is 1. The van der Waals surface area contributed by atoms with Crippen molar-refractivity contribution in [3.8, 4) is 5.75 Å². The fourth-order valence-corrected chi connectivity index (χ4v) is 7.70. The van der Waals surface area contributed by atoms with Crippen LogP contribution in [0.5, 0.6) is 5.75 Å². The number of hydrogen-bond donors (Lipinski definition) is 0. The van der Waals surface area contributed by atoms with Crippen molar-refractivity contribution >= 4 is 54.2 Å². The third-order valence-corrected chi connectivity index (χ3v) is 10.2. The van der Waals surface area contributed by atoms with Crippen molar-refractivity contribution < 1.29 is 22.7 Å². The van der Waals surface area contributed by atoms with Gasteiger partial charge in [0.1, 0.15) is 17.3 Å². The summed E-state index contributed by atoms with van der Waals surface area (Å²) >= 11 is 7.74. The van der Waals surface area contributed by atoms with E-state index in [1.165, 1.54) is 15.6 Å². The van der Waals surface area contributed by atoms with Crippen LogP contribution in [0.4, 0.5) is 5.13 Å². The summed E-state index contributed by atoms with van der Waals surface area (Å²) in [5.41, 5.74) is 1.54. The predicted octanol–water partition coefficient (Wildman–Crippen LogP) is 4.63. The Hall–Kier alpha value is -2.24. The first-order valence-corrected chi connectivity index (χ1v) is 14.6. The number of nitrogens with zero attached hydrogens (tertiary/aromatic N) is 3. The molecule has 0 saturated carbocycles. The number of carbonyl (C=O) groups is 1. The fraction of sp³-hybridized carbons (Fsp3) is 0.440. The van der Waals surface area contributed by atoms with Gasteiger partial charge in [0.2, 0.25) is 15.9 Å². The minimum Gasteiger partial charge on any atom is -0.494 e. The maximum atomic E-state index is 14.1. The second-order valence-corrected chi connectivity index (χ2v) is 12.4. The summed E-state index contributed by atoms with van der Waals surface area (Å²) in [6, 6.07) is 9.38. The van der Waals surface area contributed by atoms with Crippen LogP contribution in [0.25, 0.3) is 10.2 Å². The van der Waals surface area contributed by atoms with Crippen molar-refractivity contribution in [3.05, 3.63) is 47.0 Å². The van der Waals surface area contributed by atoms with Crippen molar-refractivity contribution in [3.63, 3.8) is 0 Å². The number of rotatable bonds is 7. The summed E-state index contributed by atoms with van der Waals surface area (Å²) in [5, 5.41) is 0.972. The molecule has 5 rings (SSSR count). The lowest BCUT2D eigenvalue weighted by Gasteiger charge is -2.29. The maximum Gasteiger partial charge on any atom is 0.247 e. The molecule has 0 aliphatic carbocycles. The fourth-order valence-electron chi connectivity index (χ4n) is 4.78. The Kier molecular flexibility index (Phi) is 7.24. The van der Waals surface area contributed by atoms with Crippen LogP contribution in [0, 0.1) is 6.92 Å². The van der Waals surface area contributed by atoms with Crippen LogP contribution in [0.2, 0.25) is 5.02 Å². The highest BCUT2D eigenvalue weighted by Gasteiger charge is 2.42. The molecule has 3 aromatic rings. The zero-order chi connectivity index (χ0) is 25.4. The molecule has 11 heteroatoms. The lowest BCUT2D eigenvalue weighted by Crippen LogP contribution is -2.49. The number of sulfonamides is 1. The molecule has 36 heavy (non-hydrogen) atoms. The van der Waals surface area contributed by atoms with Gasteiger partial charge in [-0.05, 0) is 56.9 Å². The Morgan fingerprint density at radius 3 is 2.69 bits per heavy atom. The van der Waals surface area contributed by atoms with E-state index in [0.29, 0.717) is 58.7 Å². The van der Waals surface area contributed by atoms with Gasteiger partial charge in [0.25, 0.3) is 0 Å². The molecule has 2 aromatic carbocycles. The number of amides is 1. The van der Waals surface area contributed by atoms with Crippen LogP contribution in [-0.4, -0.2) is 62.6 Å². The van der Waals surface area contributed by atoms with Gasteiger partial charge < -0.3 is 9.47 Å². The van der Waals surface area contributed by atoms with Crippen LogP contribution in [0.1, 0.15) is 31.2 Å². The second kappa shape index (κ2) is 10.3. The van der Waals surface area contributed by atoms with E-state index in [2.05, 4.69) is 0 Å². The van der Waals surface area contributed by atoms with Crippen molar-refractivity contribution in [1.82, 2.24) is 9.29 Å². The van der Waals surface area contributed by atoms with Gasteiger partial charge in [-0.25, -0.2) is 13.4 Å². The standard InChI is InChI=1S/C25H28ClN3O5S2/c1-16-7-9-18(10-8-16)36(31,32)29-13-3-6-20(29)24(30)28(15-17-5-4-14-34-17)25-27-22-21(33-2)12-11-19(26)23(22)35-25/h7-12,17,20H,3-6,13-15H2,1-2H3. The van der Waals surface area contributed by atoms with Crippen LogP contribution < -0.4 is 9.64 Å². The minimum absolute atomic E-state index is 0.137. The smallest absolute Gasteiger partial charge is 0.247 e. The molecule has 2 fully saturated rings. The van der Waals surface area contributed by atoms with Gasteiger partial charge in [-0.15, -0.1) is 0 Å². The number of methoxy groups -OCH3 is 1. The summed E-state index contributed by atoms with van der Waals surface area (Å²) in [6.45, 7) is 3.14. The van der Waals surface area contributed by atoms with Gasteiger partial charge in [0.15, 0.2) is 5.13 Å². The van der Waals surface area contributed by atoms with Crippen LogP contribution in [-0.2, 0) is 19.6 Å². The van der Waals surface area contributed by atoms with Gasteiger partial charge in [-0.2, -0.15) is 4.31 Å². The Labute approximate surface area is 219 Å². The average Bonchev–Trinajstić information content (AvgIpc) is 3.64. The molecule has 0 radical (unpaired) electrons. The predicted molar refractivity (Wildman–Crippen MR) is 141 cm³/mol. The van der Waals surface area contributed by atoms with Gasteiger partial charge in [-0.1, -0.05) is 40.6 Å². The third kappa shape index (κ3) is 4.72. The number of anilines is 1. The Balaban J connectivity index is 1.52. The highest BCUT2D eigenvalue weighted by molar-refractivity contribution is 7.89. The van der Waals surface area contributed by atoms with Crippen LogP contribution >= 0.6 is 22.9 Å². The molecule has 192 valence electrons. The summed E-state index contributed by atoms with van der Waals surface area (Å²) in [5.74, 6) is 0.263. The normalized spacial score (nSPS) is 20.8. The number of hydrogen-bond acceptors (Lipinski definition) is 7. The molecule has 8 nitrogen and oxygen atoms in total. The number of carbonyl (C=O) groups excluding carboxylic acids is 1. The van der Waals surface area contributed by atoms with E-state index in [1.54, 1.807) is 48.4 Å².